The monoisotopic (exact) mass is 293 g/mol. The largest absolute Gasteiger partial charge is 0.497 e. The van der Waals surface area contributed by atoms with Crippen LogP contribution in [-0.4, -0.2) is 31.5 Å². The molecule has 21 heavy (non-hydrogen) atoms. The predicted molar refractivity (Wildman–Crippen MR) is 83.9 cm³/mol. The lowest BCUT2D eigenvalue weighted by atomic mass is 10.2. The van der Waals surface area contributed by atoms with Crippen molar-refractivity contribution >= 4 is 0 Å². The van der Waals surface area contributed by atoms with Gasteiger partial charge in [-0.1, -0.05) is 12.5 Å². The molecule has 0 atom stereocenters. The molecule has 1 saturated carbocycles. The van der Waals surface area contributed by atoms with E-state index in [2.05, 4.69) is 11.4 Å². The average molecular weight is 293 g/mol. The van der Waals surface area contributed by atoms with Gasteiger partial charge in [0.1, 0.15) is 11.5 Å². The lowest BCUT2D eigenvalue weighted by Crippen LogP contribution is -2.16. The summed E-state index contributed by atoms with van der Waals surface area (Å²) in [6.45, 7) is 1.86. The van der Waals surface area contributed by atoms with Crippen molar-refractivity contribution in [3.8, 4) is 11.5 Å². The maximum atomic E-state index is 8.75. The average Bonchev–Trinajstić information content (AvgIpc) is 3.33. The zero-order chi connectivity index (χ0) is 14.9. The Balaban J connectivity index is 1.81. The first-order valence-corrected chi connectivity index (χ1v) is 7.97. The van der Waals surface area contributed by atoms with Gasteiger partial charge in [-0.15, -0.1) is 0 Å². The van der Waals surface area contributed by atoms with Crippen LogP contribution in [0.3, 0.4) is 0 Å². The van der Waals surface area contributed by atoms with Gasteiger partial charge in [-0.05, 0) is 38.2 Å². The van der Waals surface area contributed by atoms with E-state index in [1.807, 2.05) is 12.1 Å². The van der Waals surface area contributed by atoms with Crippen LogP contribution >= 0.6 is 0 Å². The minimum Gasteiger partial charge on any atom is -0.497 e. The van der Waals surface area contributed by atoms with Crippen LogP contribution in [0.5, 0.6) is 11.5 Å². The molecule has 2 N–H and O–H groups in total. The van der Waals surface area contributed by atoms with Crippen LogP contribution in [0.25, 0.3) is 0 Å². The second-order valence-electron chi connectivity index (χ2n) is 5.62. The molecule has 0 unspecified atom stereocenters. The lowest BCUT2D eigenvalue weighted by Gasteiger charge is -2.13. The van der Waals surface area contributed by atoms with E-state index in [-0.39, 0.29) is 6.61 Å². The van der Waals surface area contributed by atoms with Gasteiger partial charge < -0.3 is 19.9 Å². The van der Waals surface area contributed by atoms with Crippen LogP contribution in [0.1, 0.15) is 44.1 Å². The van der Waals surface area contributed by atoms with Crippen molar-refractivity contribution in [2.24, 2.45) is 0 Å². The standard InChI is InChI=1S/C17H27NO3/c1-20-16-9-6-14(13-18-15-7-8-15)17(12-16)21-11-5-3-2-4-10-19/h6,9,12,15,18-19H,2-5,7-8,10-11,13H2,1H3. The number of ether oxygens (including phenoxy) is 2. The van der Waals surface area contributed by atoms with E-state index in [4.69, 9.17) is 14.6 Å². The summed E-state index contributed by atoms with van der Waals surface area (Å²) in [5.41, 5.74) is 1.19. The highest BCUT2D eigenvalue weighted by Gasteiger charge is 2.20. The second kappa shape index (κ2) is 8.90. The van der Waals surface area contributed by atoms with E-state index in [0.717, 1.165) is 50.3 Å². The molecule has 0 amide bonds. The highest BCUT2D eigenvalue weighted by molar-refractivity contribution is 5.40. The highest BCUT2D eigenvalue weighted by Crippen LogP contribution is 2.27. The topological polar surface area (TPSA) is 50.7 Å². The smallest absolute Gasteiger partial charge is 0.127 e. The summed E-state index contributed by atoms with van der Waals surface area (Å²) in [6, 6.07) is 6.73. The van der Waals surface area contributed by atoms with Crippen molar-refractivity contribution in [1.29, 1.82) is 0 Å². The van der Waals surface area contributed by atoms with Gasteiger partial charge in [-0.3, -0.25) is 0 Å². The summed E-state index contributed by atoms with van der Waals surface area (Å²) >= 11 is 0. The van der Waals surface area contributed by atoms with E-state index in [9.17, 15) is 0 Å². The molecule has 4 nitrogen and oxygen atoms in total. The number of hydrogen-bond donors (Lipinski definition) is 2. The SMILES string of the molecule is COc1ccc(CNC2CC2)c(OCCCCCCO)c1. The van der Waals surface area contributed by atoms with Crippen LogP contribution in [0.15, 0.2) is 18.2 Å². The van der Waals surface area contributed by atoms with Gasteiger partial charge in [-0.25, -0.2) is 0 Å². The molecule has 0 heterocycles. The number of aliphatic hydroxyl groups is 1. The van der Waals surface area contributed by atoms with Crippen molar-refractivity contribution < 1.29 is 14.6 Å². The lowest BCUT2D eigenvalue weighted by molar-refractivity contribution is 0.272. The molecule has 1 aliphatic carbocycles. The van der Waals surface area contributed by atoms with Gasteiger partial charge in [0.15, 0.2) is 0 Å². The first-order chi connectivity index (χ1) is 10.3. The van der Waals surface area contributed by atoms with Gasteiger partial charge in [0.25, 0.3) is 0 Å². The molecule has 1 aromatic rings. The molecule has 0 aromatic heterocycles. The Bertz CT molecular complexity index is 418. The first kappa shape index (κ1) is 16.1. The van der Waals surface area contributed by atoms with Crippen LogP contribution < -0.4 is 14.8 Å². The first-order valence-electron chi connectivity index (χ1n) is 7.97. The van der Waals surface area contributed by atoms with E-state index in [1.165, 1.54) is 18.4 Å². The fourth-order valence-electron chi connectivity index (χ4n) is 2.23. The quantitative estimate of drug-likeness (QED) is 0.616. The number of rotatable bonds is 11. The fraction of sp³-hybridized carbons (Fsp3) is 0.647. The number of benzene rings is 1. The van der Waals surface area contributed by atoms with E-state index in [0.29, 0.717) is 6.04 Å². The summed E-state index contributed by atoms with van der Waals surface area (Å²) in [5.74, 6) is 1.75. The molecule has 1 aromatic carbocycles. The number of nitrogens with one attached hydrogen (secondary N) is 1. The molecule has 1 fully saturated rings. The third-order valence-corrected chi connectivity index (χ3v) is 3.74. The Morgan fingerprint density at radius 1 is 1.19 bits per heavy atom. The van der Waals surface area contributed by atoms with Crippen molar-refractivity contribution in [3.63, 3.8) is 0 Å². The Hall–Kier alpha value is -1.26. The highest BCUT2D eigenvalue weighted by atomic mass is 16.5. The third kappa shape index (κ3) is 5.94. The maximum Gasteiger partial charge on any atom is 0.127 e. The molecule has 0 aliphatic heterocycles. The van der Waals surface area contributed by atoms with Crippen LogP contribution in [0, 0.1) is 0 Å². The van der Waals surface area contributed by atoms with Crippen molar-refractivity contribution in [1.82, 2.24) is 5.32 Å². The fourth-order valence-corrected chi connectivity index (χ4v) is 2.23. The van der Waals surface area contributed by atoms with E-state index in [1.54, 1.807) is 7.11 Å². The number of hydrogen-bond acceptors (Lipinski definition) is 4. The third-order valence-electron chi connectivity index (χ3n) is 3.74. The van der Waals surface area contributed by atoms with Gasteiger partial charge in [0, 0.05) is 30.8 Å². The summed E-state index contributed by atoms with van der Waals surface area (Å²) in [7, 11) is 1.68. The minimum atomic E-state index is 0.285. The number of unbranched alkanes of at least 4 members (excludes halogenated alkanes) is 3. The maximum absolute atomic E-state index is 8.75. The Morgan fingerprint density at radius 2 is 2.00 bits per heavy atom. The molecule has 2 rings (SSSR count). The van der Waals surface area contributed by atoms with Crippen LogP contribution in [0.4, 0.5) is 0 Å². The zero-order valence-electron chi connectivity index (χ0n) is 12.9. The van der Waals surface area contributed by atoms with Crippen LogP contribution in [0.2, 0.25) is 0 Å². The summed E-state index contributed by atoms with van der Waals surface area (Å²) in [4.78, 5) is 0. The van der Waals surface area contributed by atoms with E-state index >= 15 is 0 Å². The molecule has 0 spiro atoms. The normalized spacial score (nSPS) is 14.2. The van der Waals surface area contributed by atoms with Gasteiger partial charge in [0.2, 0.25) is 0 Å². The molecule has 1 aliphatic rings. The molecular formula is C17H27NO3. The molecule has 0 bridgehead atoms. The molecule has 0 radical (unpaired) electrons. The molecule has 0 saturated heterocycles. The van der Waals surface area contributed by atoms with E-state index < -0.39 is 0 Å². The molecule has 4 heteroatoms. The Labute approximate surface area is 127 Å². The predicted octanol–water partition coefficient (Wildman–Crippen LogP) is 2.88. The van der Waals surface area contributed by atoms with Crippen LogP contribution in [-0.2, 0) is 6.54 Å². The van der Waals surface area contributed by atoms with Gasteiger partial charge in [-0.2, -0.15) is 0 Å². The number of methoxy groups -OCH3 is 1. The molecule has 118 valence electrons. The van der Waals surface area contributed by atoms with Crippen molar-refractivity contribution in [2.45, 2.75) is 51.1 Å². The summed E-state index contributed by atoms with van der Waals surface area (Å²) in [6.07, 6.45) is 6.64. The van der Waals surface area contributed by atoms with Crippen molar-refractivity contribution in [2.75, 3.05) is 20.3 Å². The minimum absolute atomic E-state index is 0.285. The second-order valence-corrected chi connectivity index (χ2v) is 5.62. The number of aliphatic hydroxyl groups excluding tert-OH is 1. The summed E-state index contributed by atoms with van der Waals surface area (Å²) in [5, 5.41) is 12.3. The zero-order valence-corrected chi connectivity index (χ0v) is 12.9. The van der Waals surface area contributed by atoms with Gasteiger partial charge in [0.05, 0.1) is 13.7 Å². The van der Waals surface area contributed by atoms with Crippen molar-refractivity contribution in [3.05, 3.63) is 23.8 Å². The summed E-state index contributed by atoms with van der Waals surface area (Å²) < 4.78 is 11.2. The molecular weight excluding hydrogens is 266 g/mol. The van der Waals surface area contributed by atoms with Gasteiger partial charge >= 0.3 is 0 Å². The Kier molecular flexibility index (Phi) is 6.83. The Morgan fingerprint density at radius 3 is 2.71 bits per heavy atom.